The second kappa shape index (κ2) is 10.9. The van der Waals surface area contributed by atoms with Crippen LogP contribution in [0.4, 0.5) is 14.5 Å². The zero-order valence-corrected chi connectivity index (χ0v) is 24.1. The Morgan fingerprint density at radius 3 is 2.62 bits per heavy atom. The monoisotopic (exact) mass is 591 g/mol. The van der Waals surface area contributed by atoms with Gasteiger partial charge in [0.2, 0.25) is 0 Å². The Kier molecular flexibility index (Phi) is 7.26. The molecule has 1 aromatic heterocycles. The second-order valence-corrected chi connectivity index (χ2v) is 13.2. The van der Waals surface area contributed by atoms with Gasteiger partial charge in [0, 0.05) is 49.8 Å². The fourth-order valence-electron chi connectivity index (χ4n) is 6.17. The number of anilines is 1. The molecule has 3 heterocycles. The van der Waals surface area contributed by atoms with Crippen LogP contribution >= 0.6 is 0 Å². The molecule has 0 saturated heterocycles. The van der Waals surface area contributed by atoms with Crippen molar-refractivity contribution in [2.24, 2.45) is 13.0 Å². The van der Waals surface area contributed by atoms with Crippen LogP contribution in [0.25, 0.3) is 11.3 Å². The lowest BCUT2D eigenvalue weighted by atomic mass is 9.82. The molecule has 0 fully saturated rings. The lowest BCUT2D eigenvalue weighted by Gasteiger charge is -2.39. The van der Waals surface area contributed by atoms with Crippen LogP contribution in [0, 0.1) is 17.6 Å². The number of rotatable bonds is 8. The van der Waals surface area contributed by atoms with E-state index in [4.69, 9.17) is 4.74 Å². The molecule has 2 atom stereocenters. The molecule has 7 nitrogen and oxygen atoms in total. The molecule has 1 unspecified atom stereocenters. The van der Waals surface area contributed by atoms with Crippen molar-refractivity contribution >= 4 is 26.8 Å². The first-order valence-electron chi connectivity index (χ1n) is 13.8. The van der Waals surface area contributed by atoms with E-state index >= 15 is 4.39 Å². The van der Waals surface area contributed by atoms with Gasteiger partial charge in [-0.2, -0.15) is 0 Å². The largest absolute Gasteiger partial charge is 0.494 e. The number of aryl methyl sites for hydroxylation is 1. The summed E-state index contributed by atoms with van der Waals surface area (Å²) in [5, 5.41) is 3.50. The van der Waals surface area contributed by atoms with Gasteiger partial charge in [0.15, 0.2) is 9.84 Å². The van der Waals surface area contributed by atoms with Crippen molar-refractivity contribution in [2.45, 2.75) is 18.9 Å². The summed E-state index contributed by atoms with van der Waals surface area (Å²) in [6, 6.07) is 14.4. The topological polar surface area (TPSA) is 80.6 Å². The molecule has 1 aliphatic carbocycles. The van der Waals surface area contributed by atoms with Crippen molar-refractivity contribution in [3.8, 4) is 5.75 Å². The van der Waals surface area contributed by atoms with Gasteiger partial charge in [-0.3, -0.25) is 4.79 Å². The minimum Gasteiger partial charge on any atom is -0.494 e. The lowest BCUT2D eigenvalue weighted by molar-refractivity contribution is 0.284. The van der Waals surface area contributed by atoms with E-state index in [2.05, 4.69) is 5.32 Å². The van der Waals surface area contributed by atoms with Gasteiger partial charge in [-0.1, -0.05) is 18.2 Å². The molecule has 0 radical (unpaired) electrons. The van der Waals surface area contributed by atoms with E-state index in [9.17, 15) is 17.6 Å². The van der Waals surface area contributed by atoms with Crippen LogP contribution in [0.3, 0.4) is 0 Å². The highest BCUT2D eigenvalue weighted by Crippen LogP contribution is 2.47. The third kappa shape index (κ3) is 5.27. The molecular weight excluding hydrogens is 560 g/mol. The number of hydrogen-bond acceptors (Lipinski definition) is 6. The normalized spacial score (nSPS) is 19.4. The van der Waals surface area contributed by atoms with Gasteiger partial charge in [0.25, 0.3) is 5.56 Å². The second-order valence-electron chi connectivity index (χ2n) is 11.0. The average Bonchev–Trinajstić information content (AvgIpc) is 3.25. The van der Waals surface area contributed by atoms with E-state index in [-0.39, 0.29) is 29.0 Å². The van der Waals surface area contributed by atoms with E-state index in [1.807, 2.05) is 30.3 Å². The SMILES string of the molecule is Cn1ccc2c(c1=O)C1=C3C(=CN(c4ccc(F)cc4F)C3[C@@H](CCCOc3ccccc3)CN1)C=C2CS(C)(=O)=O. The van der Waals surface area contributed by atoms with Gasteiger partial charge in [-0.05, 0) is 66.0 Å². The number of benzene rings is 2. The average molecular weight is 592 g/mol. The van der Waals surface area contributed by atoms with Gasteiger partial charge in [-0.25, -0.2) is 17.2 Å². The van der Waals surface area contributed by atoms with Crippen LogP contribution in [-0.4, -0.2) is 44.2 Å². The number of allylic oxidation sites excluding steroid dienone is 1. The number of hydrogen-bond donors (Lipinski definition) is 1. The van der Waals surface area contributed by atoms with Crippen molar-refractivity contribution in [1.82, 2.24) is 9.88 Å². The van der Waals surface area contributed by atoms with Crippen LogP contribution < -0.4 is 20.5 Å². The van der Waals surface area contributed by atoms with Gasteiger partial charge in [0.05, 0.1) is 35.3 Å². The maximum absolute atomic E-state index is 15.3. The summed E-state index contributed by atoms with van der Waals surface area (Å²) in [5.74, 6) is -0.885. The van der Waals surface area contributed by atoms with Crippen molar-refractivity contribution in [2.75, 3.05) is 30.1 Å². The number of sulfone groups is 1. The van der Waals surface area contributed by atoms with Gasteiger partial charge in [0.1, 0.15) is 17.4 Å². The van der Waals surface area contributed by atoms with E-state index in [0.29, 0.717) is 41.1 Å². The number of ether oxygens (including phenoxy) is 1. The maximum Gasteiger partial charge on any atom is 0.260 e. The van der Waals surface area contributed by atoms with Crippen LogP contribution in [0.2, 0.25) is 0 Å². The third-order valence-corrected chi connectivity index (χ3v) is 8.81. The molecular formula is C32H31F2N3O4S. The summed E-state index contributed by atoms with van der Waals surface area (Å²) < 4.78 is 61.5. The van der Waals surface area contributed by atoms with Crippen LogP contribution in [-0.2, 0) is 16.9 Å². The van der Waals surface area contributed by atoms with E-state index in [1.165, 1.54) is 16.7 Å². The Bertz CT molecular complexity index is 1810. The van der Waals surface area contributed by atoms with Crippen molar-refractivity contribution in [3.63, 3.8) is 0 Å². The summed E-state index contributed by atoms with van der Waals surface area (Å²) >= 11 is 0. The highest BCUT2D eigenvalue weighted by atomic mass is 32.2. The number of para-hydroxylation sites is 1. The molecule has 2 aromatic carbocycles. The molecule has 0 saturated carbocycles. The predicted octanol–water partition coefficient (Wildman–Crippen LogP) is 4.67. The summed E-state index contributed by atoms with van der Waals surface area (Å²) in [6.07, 6.45) is 7.82. The summed E-state index contributed by atoms with van der Waals surface area (Å²) in [4.78, 5) is 15.4. The quantitative estimate of drug-likeness (QED) is 0.384. The molecule has 6 rings (SSSR count). The smallest absolute Gasteiger partial charge is 0.260 e. The van der Waals surface area contributed by atoms with Gasteiger partial charge >= 0.3 is 0 Å². The summed E-state index contributed by atoms with van der Waals surface area (Å²) in [6.45, 7) is 0.986. The maximum atomic E-state index is 15.3. The first-order chi connectivity index (χ1) is 20.1. The molecule has 1 N–H and O–H groups in total. The number of pyridine rings is 1. The minimum atomic E-state index is -3.45. The summed E-state index contributed by atoms with van der Waals surface area (Å²) in [5.41, 5.74) is 3.49. The number of fused-ring (bicyclic) bond motifs is 2. The van der Waals surface area contributed by atoms with E-state index < -0.39 is 21.5 Å². The van der Waals surface area contributed by atoms with E-state index in [0.717, 1.165) is 36.5 Å². The molecule has 10 heteroatoms. The Hall–Kier alpha value is -4.18. The van der Waals surface area contributed by atoms with Gasteiger partial charge < -0.3 is 19.5 Å². The lowest BCUT2D eigenvalue weighted by Crippen LogP contribution is -2.46. The van der Waals surface area contributed by atoms with Crippen LogP contribution in [0.1, 0.15) is 24.0 Å². The zero-order chi connectivity index (χ0) is 29.6. The number of halogens is 2. The molecule has 0 spiro atoms. The molecule has 2 aliphatic heterocycles. The Balaban J connectivity index is 1.45. The predicted molar refractivity (Wildman–Crippen MR) is 160 cm³/mol. The molecule has 0 amide bonds. The van der Waals surface area contributed by atoms with Crippen molar-refractivity contribution < 1.29 is 21.9 Å². The standard InChI is InChI=1S/C32H31F2N3O4S/c1-36-13-12-25-22(19-42(2,39)40)15-21-18-37(27-11-10-23(33)16-26(27)34)31-20(7-6-14-41-24-8-4-3-5-9-24)17-35-30(28(21)31)29(25)32(36)38/h3-5,8-13,15-16,18,20,31,35H,6-7,14,17,19H2,1-2H3/t20-,31?/m0/s1. The number of nitrogens with zero attached hydrogens (tertiary/aromatic N) is 2. The first-order valence-corrected chi connectivity index (χ1v) is 15.9. The number of aromatic nitrogens is 1. The molecule has 3 aliphatic rings. The molecule has 0 bridgehead atoms. The summed E-state index contributed by atoms with van der Waals surface area (Å²) in [7, 11) is -1.80. The highest BCUT2D eigenvalue weighted by Gasteiger charge is 2.44. The zero-order valence-electron chi connectivity index (χ0n) is 23.3. The van der Waals surface area contributed by atoms with Crippen molar-refractivity contribution in [1.29, 1.82) is 0 Å². The minimum absolute atomic E-state index is 0.0257. The van der Waals surface area contributed by atoms with E-state index in [1.54, 1.807) is 36.5 Å². The molecule has 42 heavy (non-hydrogen) atoms. The Morgan fingerprint density at radius 1 is 1.10 bits per heavy atom. The van der Waals surface area contributed by atoms with Crippen LogP contribution in [0.5, 0.6) is 5.75 Å². The fraction of sp³-hybridized carbons (Fsp3) is 0.281. The fourth-order valence-corrected chi connectivity index (χ4v) is 6.97. The van der Waals surface area contributed by atoms with Gasteiger partial charge in [-0.15, -0.1) is 0 Å². The number of nitrogens with one attached hydrogen (secondary N) is 1. The third-order valence-electron chi connectivity index (χ3n) is 7.97. The highest BCUT2D eigenvalue weighted by molar-refractivity contribution is 7.91. The molecule has 218 valence electrons. The Morgan fingerprint density at radius 2 is 1.88 bits per heavy atom. The Labute approximate surface area is 243 Å². The van der Waals surface area contributed by atoms with Crippen LogP contribution in [0.15, 0.2) is 89.0 Å². The van der Waals surface area contributed by atoms with Crippen molar-refractivity contribution in [3.05, 3.63) is 117 Å². The molecule has 3 aromatic rings. The first kappa shape index (κ1) is 28.0.